The molecule has 0 saturated carbocycles. The second-order valence-corrected chi connectivity index (χ2v) is 4.76. The van der Waals surface area contributed by atoms with Crippen molar-refractivity contribution in [1.29, 1.82) is 0 Å². The fraction of sp³-hybridized carbons (Fsp3) is 0.429. The third-order valence-electron chi connectivity index (χ3n) is 3.42. The molecule has 0 radical (unpaired) electrons. The first-order valence-corrected chi connectivity index (χ1v) is 6.58. The second kappa shape index (κ2) is 5.92. The number of hydrogen-bond acceptors (Lipinski definition) is 3. The van der Waals surface area contributed by atoms with Crippen LogP contribution < -0.4 is 4.90 Å². The highest BCUT2D eigenvalue weighted by Crippen LogP contribution is 2.23. The van der Waals surface area contributed by atoms with Crippen molar-refractivity contribution in [2.24, 2.45) is 0 Å². The minimum atomic E-state index is -1.08. The molecule has 1 heterocycles. The van der Waals surface area contributed by atoms with E-state index in [-0.39, 0.29) is 19.0 Å². The molecule has 1 saturated heterocycles. The molecule has 0 bridgehead atoms. The highest BCUT2D eigenvalue weighted by atomic mass is 16.4. The molecule has 0 spiro atoms. The highest BCUT2D eigenvalue weighted by molar-refractivity contribution is 5.94. The topological polar surface area (TPSA) is 81.1 Å². The molecule has 2 rings (SSSR count). The Morgan fingerprint density at radius 1 is 1.35 bits per heavy atom. The molecule has 0 aromatic heterocycles. The monoisotopic (exact) mass is 278 g/mol. The minimum Gasteiger partial charge on any atom is -0.480 e. The molecule has 20 heavy (non-hydrogen) atoms. The van der Waals surface area contributed by atoms with Crippen LogP contribution in [0.3, 0.4) is 0 Å². The van der Waals surface area contributed by atoms with Gasteiger partial charge in [-0.15, -0.1) is 0 Å². The van der Waals surface area contributed by atoms with Crippen LogP contribution in [-0.4, -0.2) is 52.3 Å². The number of carboxylic acids is 1. The van der Waals surface area contributed by atoms with Gasteiger partial charge in [-0.25, -0.2) is 9.59 Å². The van der Waals surface area contributed by atoms with Gasteiger partial charge in [0.15, 0.2) is 0 Å². The Hall–Kier alpha value is -2.08. The van der Waals surface area contributed by atoms with Crippen molar-refractivity contribution in [3.63, 3.8) is 0 Å². The molecule has 0 aliphatic carbocycles. The number of amides is 2. The summed E-state index contributed by atoms with van der Waals surface area (Å²) < 4.78 is 0. The zero-order chi connectivity index (χ0) is 14.7. The van der Waals surface area contributed by atoms with E-state index in [1.165, 1.54) is 9.80 Å². The molecule has 6 heteroatoms. The smallest absolute Gasteiger partial charge is 0.326 e. The number of benzene rings is 1. The normalized spacial score (nSPS) is 21.8. The number of β-amino-alcohol motifs (C(OH)–C–C–N with tert-alkyl or cyclic N) is 1. The van der Waals surface area contributed by atoms with Crippen molar-refractivity contribution >= 4 is 17.7 Å². The van der Waals surface area contributed by atoms with E-state index in [4.69, 9.17) is 5.11 Å². The first-order chi connectivity index (χ1) is 9.54. The first kappa shape index (κ1) is 14.3. The lowest BCUT2D eigenvalue weighted by atomic mass is 10.2. The van der Waals surface area contributed by atoms with Crippen LogP contribution >= 0.6 is 0 Å². The lowest BCUT2D eigenvalue weighted by molar-refractivity contribution is -0.141. The number of anilines is 1. The summed E-state index contributed by atoms with van der Waals surface area (Å²) in [5.41, 5.74) is 0.713. The third-order valence-corrected chi connectivity index (χ3v) is 3.42. The number of carbonyl (C=O) groups is 2. The summed E-state index contributed by atoms with van der Waals surface area (Å²) in [4.78, 5) is 26.4. The Bertz CT molecular complexity index is 491. The SMILES string of the molecule is CCN(C(=O)N1C[C@H](O)C[C@@H]1C(=O)O)c1ccccc1. The van der Waals surface area contributed by atoms with Gasteiger partial charge >= 0.3 is 12.0 Å². The molecule has 6 nitrogen and oxygen atoms in total. The summed E-state index contributed by atoms with van der Waals surface area (Å²) in [6.45, 7) is 2.31. The summed E-state index contributed by atoms with van der Waals surface area (Å²) in [6.07, 6.45) is -0.706. The van der Waals surface area contributed by atoms with Crippen LogP contribution in [0.2, 0.25) is 0 Å². The lowest BCUT2D eigenvalue weighted by Crippen LogP contribution is -2.48. The van der Waals surface area contributed by atoms with E-state index >= 15 is 0 Å². The van der Waals surface area contributed by atoms with Crippen molar-refractivity contribution < 1.29 is 19.8 Å². The average molecular weight is 278 g/mol. The first-order valence-electron chi connectivity index (χ1n) is 6.58. The fourth-order valence-corrected chi connectivity index (χ4v) is 2.45. The lowest BCUT2D eigenvalue weighted by Gasteiger charge is -2.29. The number of carboxylic acid groups (broad SMARTS) is 1. The summed E-state index contributed by atoms with van der Waals surface area (Å²) in [5.74, 6) is -1.08. The maximum atomic E-state index is 12.5. The molecule has 0 unspecified atom stereocenters. The zero-order valence-electron chi connectivity index (χ0n) is 11.3. The predicted octanol–water partition coefficient (Wildman–Crippen LogP) is 1.15. The average Bonchev–Trinajstić information content (AvgIpc) is 2.83. The maximum Gasteiger partial charge on any atom is 0.326 e. The van der Waals surface area contributed by atoms with Crippen molar-refractivity contribution in [3.8, 4) is 0 Å². The number of urea groups is 1. The maximum absolute atomic E-state index is 12.5. The van der Waals surface area contributed by atoms with Gasteiger partial charge in [-0.2, -0.15) is 0 Å². The molecular formula is C14H18N2O4. The van der Waals surface area contributed by atoms with Gasteiger partial charge in [0.2, 0.25) is 0 Å². The van der Waals surface area contributed by atoms with Crippen LogP contribution in [0.25, 0.3) is 0 Å². The van der Waals surface area contributed by atoms with Crippen LogP contribution in [0.5, 0.6) is 0 Å². The van der Waals surface area contributed by atoms with E-state index in [9.17, 15) is 14.7 Å². The van der Waals surface area contributed by atoms with Gasteiger partial charge in [0, 0.05) is 25.2 Å². The number of carbonyl (C=O) groups excluding carboxylic acids is 1. The molecule has 1 fully saturated rings. The summed E-state index contributed by atoms with van der Waals surface area (Å²) >= 11 is 0. The van der Waals surface area contributed by atoms with Crippen molar-refractivity contribution in [2.75, 3.05) is 18.0 Å². The molecule has 2 amide bonds. The summed E-state index contributed by atoms with van der Waals surface area (Å²) in [5, 5.41) is 18.8. The van der Waals surface area contributed by atoms with Gasteiger partial charge in [-0.3, -0.25) is 4.90 Å². The fourth-order valence-electron chi connectivity index (χ4n) is 2.45. The number of nitrogens with zero attached hydrogens (tertiary/aromatic N) is 2. The standard InChI is InChI=1S/C14H18N2O4/c1-2-15(10-6-4-3-5-7-10)14(20)16-9-11(17)8-12(16)13(18)19/h3-7,11-12,17H,2,8-9H2,1H3,(H,18,19)/t11-,12-/m1/s1. The molecule has 1 aromatic carbocycles. The second-order valence-electron chi connectivity index (χ2n) is 4.76. The molecule has 2 atom stereocenters. The number of para-hydroxylation sites is 1. The largest absolute Gasteiger partial charge is 0.480 e. The van der Waals surface area contributed by atoms with Crippen LogP contribution in [-0.2, 0) is 4.79 Å². The molecule has 1 aromatic rings. The minimum absolute atomic E-state index is 0.0547. The number of rotatable bonds is 3. The quantitative estimate of drug-likeness (QED) is 0.869. The zero-order valence-corrected chi connectivity index (χ0v) is 11.3. The van der Waals surface area contributed by atoms with Crippen LogP contribution in [0.4, 0.5) is 10.5 Å². The van der Waals surface area contributed by atoms with Gasteiger partial charge < -0.3 is 15.1 Å². The Morgan fingerprint density at radius 2 is 2.00 bits per heavy atom. The number of aliphatic carboxylic acids is 1. The van der Waals surface area contributed by atoms with Gasteiger partial charge in [0.05, 0.1) is 6.10 Å². The Labute approximate surface area is 117 Å². The summed E-state index contributed by atoms with van der Waals surface area (Å²) in [7, 11) is 0. The molecule has 108 valence electrons. The van der Waals surface area contributed by atoms with Gasteiger partial charge in [0.25, 0.3) is 0 Å². The molecule has 1 aliphatic heterocycles. The molecule has 1 aliphatic rings. The Kier molecular flexibility index (Phi) is 4.24. The van der Waals surface area contributed by atoms with Crippen LogP contribution in [0, 0.1) is 0 Å². The third kappa shape index (κ3) is 2.75. The van der Waals surface area contributed by atoms with E-state index in [0.717, 1.165) is 0 Å². The number of aliphatic hydroxyl groups excluding tert-OH is 1. The molecular weight excluding hydrogens is 260 g/mol. The van der Waals surface area contributed by atoms with Crippen LogP contribution in [0.1, 0.15) is 13.3 Å². The van der Waals surface area contributed by atoms with E-state index in [1.807, 2.05) is 25.1 Å². The predicted molar refractivity (Wildman–Crippen MR) is 73.6 cm³/mol. The number of hydrogen-bond donors (Lipinski definition) is 2. The van der Waals surface area contributed by atoms with E-state index < -0.39 is 18.1 Å². The van der Waals surface area contributed by atoms with Crippen molar-refractivity contribution in [3.05, 3.63) is 30.3 Å². The van der Waals surface area contributed by atoms with E-state index in [2.05, 4.69) is 0 Å². The molecule has 2 N–H and O–H groups in total. The van der Waals surface area contributed by atoms with Gasteiger partial charge in [0.1, 0.15) is 6.04 Å². The highest BCUT2D eigenvalue weighted by Gasteiger charge is 2.40. The summed E-state index contributed by atoms with van der Waals surface area (Å²) in [6, 6.07) is 7.73. The van der Waals surface area contributed by atoms with Gasteiger partial charge in [-0.05, 0) is 19.1 Å². The Balaban J connectivity index is 2.22. The van der Waals surface area contributed by atoms with Crippen LogP contribution in [0.15, 0.2) is 30.3 Å². The number of likely N-dealkylation sites (tertiary alicyclic amines) is 1. The van der Waals surface area contributed by atoms with Crippen molar-refractivity contribution in [1.82, 2.24) is 4.90 Å². The Morgan fingerprint density at radius 3 is 2.55 bits per heavy atom. The van der Waals surface area contributed by atoms with Crippen molar-refractivity contribution in [2.45, 2.75) is 25.5 Å². The van der Waals surface area contributed by atoms with E-state index in [1.54, 1.807) is 12.1 Å². The van der Waals surface area contributed by atoms with Gasteiger partial charge in [-0.1, -0.05) is 18.2 Å². The van der Waals surface area contributed by atoms with E-state index in [0.29, 0.717) is 12.2 Å². The number of aliphatic hydroxyl groups is 1.